The molecule has 7 heteroatoms. The van der Waals surface area contributed by atoms with Gasteiger partial charge in [-0.15, -0.1) is 23.1 Å². The van der Waals surface area contributed by atoms with Gasteiger partial charge in [-0.25, -0.2) is 4.98 Å². The standard InChI is InChI=1S/C22H23ClN2O2S2/c1-14-21(29-22(24-14)18-10-7-16(23)11-20(18)27-3)19(26)13-25(2)12-15-5-8-17(28-4)9-6-15/h5-11H,12-13H2,1-4H3. The van der Waals surface area contributed by atoms with Crippen LogP contribution in [0.15, 0.2) is 47.4 Å². The van der Waals surface area contributed by atoms with Gasteiger partial charge in [-0.1, -0.05) is 23.7 Å². The van der Waals surface area contributed by atoms with Crippen LogP contribution in [0, 0.1) is 6.92 Å². The third-order valence-corrected chi connectivity index (χ3v) is 6.68. The molecule has 0 aliphatic carbocycles. The molecule has 0 spiro atoms. The summed E-state index contributed by atoms with van der Waals surface area (Å²) in [6, 6.07) is 13.9. The lowest BCUT2D eigenvalue weighted by Gasteiger charge is -2.15. The number of methoxy groups -OCH3 is 1. The van der Waals surface area contributed by atoms with Crippen molar-refractivity contribution in [3.05, 3.63) is 63.6 Å². The predicted molar refractivity (Wildman–Crippen MR) is 123 cm³/mol. The molecule has 1 aromatic heterocycles. The van der Waals surface area contributed by atoms with Crippen LogP contribution in [-0.2, 0) is 6.54 Å². The molecule has 0 fully saturated rings. The summed E-state index contributed by atoms with van der Waals surface area (Å²) in [6.45, 7) is 2.93. The van der Waals surface area contributed by atoms with Gasteiger partial charge in [-0.3, -0.25) is 9.69 Å². The molecule has 0 N–H and O–H groups in total. The molecule has 0 saturated carbocycles. The van der Waals surface area contributed by atoms with E-state index in [1.807, 2.05) is 24.9 Å². The molecule has 3 aromatic rings. The number of aryl methyl sites for hydroxylation is 1. The summed E-state index contributed by atoms with van der Waals surface area (Å²) in [5.74, 6) is 0.721. The number of halogens is 1. The first-order chi connectivity index (χ1) is 13.9. The van der Waals surface area contributed by atoms with Crippen LogP contribution < -0.4 is 4.74 Å². The normalized spacial score (nSPS) is 11.1. The lowest BCUT2D eigenvalue weighted by Crippen LogP contribution is -2.25. The molecule has 152 valence electrons. The van der Waals surface area contributed by atoms with E-state index in [9.17, 15) is 4.79 Å². The number of Topliss-reactive ketones (excluding diaryl/α,β-unsaturated/α-hetero) is 1. The van der Waals surface area contributed by atoms with E-state index in [-0.39, 0.29) is 5.78 Å². The Balaban J connectivity index is 1.73. The van der Waals surface area contributed by atoms with Crippen molar-refractivity contribution in [3.63, 3.8) is 0 Å². The Bertz CT molecular complexity index is 1000. The molecule has 0 atom stereocenters. The van der Waals surface area contributed by atoms with Crippen LogP contribution in [0.3, 0.4) is 0 Å². The number of ketones is 1. The van der Waals surface area contributed by atoms with Crippen molar-refractivity contribution < 1.29 is 9.53 Å². The van der Waals surface area contributed by atoms with Crippen LogP contribution >= 0.6 is 34.7 Å². The van der Waals surface area contributed by atoms with E-state index in [1.165, 1.54) is 21.8 Å². The minimum Gasteiger partial charge on any atom is -0.496 e. The van der Waals surface area contributed by atoms with E-state index in [0.29, 0.717) is 22.2 Å². The summed E-state index contributed by atoms with van der Waals surface area (Å²) in [4.78, 5) is 21.4. The SMILES string of the molecule is COc1cc(Cl)ccc1-c1nc(C)c(C(=O)CN(C)Cc2ccc(SC)cc2)s1. The molecule has 0 unspecified atom stereocenters. The van der Waals surface area contributed by atoms with Gasteiger partial charge in [0.05, 0.1) is 29.8 Å². The Morgan fingerprint density at radius 1 is 1.24 bits per heavy atom. The molecule has 0 radical (unpaired) electrons. The Kier molecular flexibility index (Phi) is 7.35. The smallest absolute Gasteiger partial charge is 0.188 e. The highest BCUT2D eigenvalue weighted by molar-refractivity contribution is 7.98. The van der Waals surface area contributed by atoms with Crippen LogP contribution in [0.4, 0.5) is 0 Å². The number of hydrogen-bond donors (Lipinski definition) is 0. The van der Waals surface area contributed by atoms with E-state index in [4.69, 9.17) is 16.3 Å². The molecule has 0 aliphatic heterocycles. The van der Waals surface area contributed by atoms with Gasteiger partial charge in [0.2, 0.25) is 0 Å². The first kappa shape index (κ1) is 21.8. The lowest BCUT2D eigenvalue weighted by molar-refractivity contribution is 0.0946. The average Bonchev–Trinajstić information content (AvgIpc) is 3.09. The van der Waals surface area contributed by atoms with Gasteiger partial charge in [0.1, 0.15) is 10.8 Å². The zero-order valence-electron chi connectivity index (χ0n) is 16.9. The minimum atomic E-state index is 0.0717. The maximum Gasteiger partial charge on any atom is 0.188 e. The van der Waals surface area contributed by atoms with E-state index < -0.39 is 0 Å². The minimum absolute atomic E-state index is 0.0717. The molecule has 2 aromatic carbocycles. The summed E-state index contributed by atoms with van der Waals surface area (Å²) in [5, 5.41) is 1.36. The van der Waals surface area contributed by atoms with Crippen molar-refractivity contribution in [2.75, 3.05) is 27.0 Å². The third kappa shape index (κ3) is 5.39. The number of carbonyl (C=O) groups is 1. The Labute approximate surface area is 184 Å². The van der Waals surface area contributed by atoms with Crippen molar-refractivity contribution in [1.82, 2.24) is 9.88 Å². The Morgan fingerprint density at radius 2 is 1.97 bits per heavy atom. The summed E-state index contributed by atoms with van der Waals surface area (Å²) in [6.07, 6.45) is 2.06. The fraction of sp³-hybridized carbons (Fsp3) is 0.273. The molecular formula is C22H23ClN2O2S2. The lowest BCUT2D eigenvalue weighted by atomic mass is 10.2. The van der Waals surface area contributed by atoms with E-state index in [0.717, 1.165) is 22.8 Å². The zero-order valence-corrected chi connectivity index (χ0v) is 19.2. The number of hydrogen-bond acceptors (Lipinski definition) is 6. The van der Waals surface area contributed by atoms with Crippen molar-refractivity contribution in [3.8, 4) is 16.3 Å². The first-order valence-corrected chi connectivity index (χ1v) is 11.5. The molecule has 3 rings (SSSR count). The molecule has 0 saturated heterocycles. The largest absolute Gasteiger partial charge is 0.496 e. The monoisotopic (exact) mass is 446 g/mol. The summed E-state index contributed by atoms with van der Waals surface area (Å²) < 4.78 is 5.43. The molecule has 1 heterocycles. The van der Waals surface area contributed by atoms with Gasteiger partial charge < -0.3 is 4.74 Å². The average molecular weight is 447 g/mol. The van der Waals surface area contributed by atoms with Gasteiger partial charge >= 0.3 is 0 Å². The van der Waals surface area contributed by atoms with Crippen LogP contribution in [0.5, 0.6) is 5.75 Å². The van der Waals surface area contributed by atoms with Crippen LogP contribution in [-0.4, -0.2) is 42.6 Å². The topological polar surface area (TPSA) is 42.4 Å². The second kappa shape index (κ2) is 9.76. The third-order valence-electron chi connectivity index (χ3n) is 4.47. The molecule has 4 nitrogen and oxygen atoms in total. The van der Waals surface area contributed by atoms with Gasteiger partial charge in [0.15, 0.2) is 5.78 Å². The van der Waals surface area contributed by atoms with Crippen molar-refractivity contribution in [1.29, 1.82) is 0 Å². The first-order valence-electron chi connectivity index (χ1n) is 9.07. The van der Waals surface area contributed by atoms with Crippen LogP contribution in [0.2, 0.25) is 5.02 Å². The summed E-state index contributed by atoms with van der Waals surface area (Å²) in [5.41, 5.74) is 2.77. The van der Waals surface area contributed by atoms with Crippen molar-refractivity contribution >= 4 is 40.5 Å². The number of benzene rings is 2. The maximum absolute atomic E-state index is 12.9. The second-order valence-corrected chi connectivity index (χ2v) is 9.04. The number of thioether (sulfide) groups is 1. The fourth-order valence-corrected chi connectivity index (χ4v) is 4.62. The van der Waals surface area contributed by atoms with Crippen molar-refractivity contribution in [2.24, 2.45) is 0 Å². The number of aromatic nitrogens is 1. The number of rotatable bonds is 8. The number of nitrogens with zero attached hydrogens (tertiary/aromatic N) is 2. The molecule has 0 aliphatic rings. The highest BCUT2D eigenvalue weighted by Crippen LogP contribution is 2.36. The highest BCUT2D eigenvalue weighted by Gasteiger charge is 2.19. The molecule has 0 bridgehead atoms. The van der Waals surface area contributed by atoms with Gasteiger partial charge in [0, 0.05) is 16.5 Å². The number of likely N-dealkylation sites (N-methyl/N-ethyl adjacent to an activating group) is 1. The maximum atomic E-state index is 12.9. The number of carbonyl (C=O) groups excluding carboxylic acids is 1. The van der Waals surface area contributed by atoms with Gasteiger partial charge in [-0.2, -0.15) is 0 Å². The number of thiazole rings is 1. The molecule has 0 amide bonds. The van der Waals surface area contributed by atoms with Crippen LogP contribution in [0.25, 0.3) is 10.6 Å². The molecular weight excluding hydrogens is 424 g/mol. The van der Waals surface area contributed by atoms with Crippen LogP contribution in [0.1, 0.15) is 20.9 Å². The van der Waals surface area contributed by atoms with E-state index in [1.54, 1.807) is 31.0 Å². The predicted octanol–water partition coefficient (Wildman–Crippen LogP) is 5.82. The second-order valence-electron chi connectivity index (χ2n) is 6.72. The van der Waals surface area contributed by atoms with Gasteiger partial charge in [0.25, 0.3) is 0 Å². The molecule has 29 heavy (non-hydrogen) atoms. The number of ether oxygens (including phenoxy) is 1. The quantitative estimate of drug-likeness (QED) is 0.322. The highest BCUT2D eigenvalue weighted by atomic mass is 35.5. The van der Waals surface area contributed by atoms with Crippen molar-refractivity contribution in [2.45, 2.75) is 18.4 Å². The Hall–Kier alpha value is -1.86. The van der Waals surface area contributed by atoms with E-state index in [2.05, 4.69) is 35.5 Å². The van der Waals surface area contributed by atoms with Gasteiger partial charge in [-0.05, 0) is 56.1 Å². The van der Waals surface area contributed by atoms with E-state index >= 15 is 0 Å². The fourth-order valence-electron chi connectivity index (χ4n) is 3.03. The summed E-state index contributed by atoms with van der Waals surface area (Å²) in [7, 11) is 3.56. The summed E-state index contributed by atoms with van der Waals surface area (Å²) >= 11 is 9.17. The zero-order chi connectivity index (χ0) is 21.0. The Morgan fingerprint density at radius 3 is 2.62 bits per heavy atom.